The molecule has 6 nitrogen and oxygen atoms in total. The third-order valence-corrected chi connectivity index (χ3v) is 5.63. The van der Waals surface area contributed by atoms with E-state index in [0.29, 0.717) is 11.8 Å². The van der Waals surface area contributed by atoms with Gasteiger partial charge in [-0.2, -0.15) is 0 Å². The summed E-state index contributed by atoms with van der Waals surface area (Å²) in [5.41, 5.74) is 2.36. The summed E-state index contributed by atoms with van der Waals surface area (Å²) in [6.07, 6.45) is 0. The summed E-state index contributed by atoms with van der Waals surface area (Å²) in [5, 5.41) is 19.6. The second-order valence-electron chi connectivity index (χ2n) is 7.04. The number of thioether (sulfide) groups is 1. The lowest BCUT2D eigenvalue weighted by atomic mass is 10.1. The van der Waals surface area contributed by atoms with Crippen LogP contribution in [-0.4, -0.2) is 40.1 Å². The Hall–Kier alpha value is -2.77. The smallest absolute Gasteiger partial charge is 0.247 e. The Morgan fingerprint density at radius 1 is 1.07 bits per heavy atom. The van der Waals surface area contributed by atoms with E-state index >= 15 is 0 Å². The van der Waals surface area contributed by atoms with Crippen molar-refractivity contribution in [1.29, 1.82) is 0 Å². The molecule has 1 N–H and O–H groups in total. The minimum Gasteiger partial charge on any atom is -0.508 e. The topological polar surface area (TPSA) is 75.5 Å². The molecule has 2 aromatic heterocycles. The molecule has 1 unspecified atom stereocenters. The highest BCUT2D eigenvalue weighted by Crippen LogP contribution is 2.39. The summed E-state index contributed by atoms with van der Waals surface area (Å²) in [5.74, 6) is 2.89. The number of aromatic hydroxyl groups is 1. The number of phenolic OH excluding ortho intramolecular Hbond substituents is 1. The maximum Gasteiger partial charge on any atom is 0.247 e. The zero-order chi connectivity index (χ0) is 20.4. The van der Waals surface area contributed by atoms with Crippen molar-refractivity contribution in [2.75, 3.05) is 19.8 Å². The zero-order valence-electron chi connectivity index (χ0n) is 16.6. The van der Waals surface area contributed by atoms with Crippen LogP contribution in [0, 0.1) is 0 Å². The first-order valence-electron chi connectivity index (χ1n) is 9.45. The van der Waals surface area contributed by atoms with Gasteiger partial charge in [0.15, 0.2) is 0 Å². The van der Waals surface area contributed by atoms with Crippen molar-refractivity contribution in [3.05, 3.63) is 65.7 Å². The van der Waals surface area contributed by atoms with Gasteiger partial charge in [-0.05, 0) is 44.1 Å². The lowest BCUT2D eigenvalue weighted by Crippen LogP contribution is -2.09. The van der Waals surface area contributed by atoms with Crippen LogP contribution in [0.2, 0.25) is 0 Å². The molecule has 0 aliphatic carbocycles. The van der Waals surface area contributed by atoms with Crippen LogP contribution in [-0.2, 0) is 6.54 Å². The Morgan fingerprint density at radius 3 is 2.66 bits per heavy atom. The molecule has 7 heteroatoms. The molecule has 0 bridgehead atoms. The van der Waals surface area contributed by atoms with E-state index in [1.807, 2.05) is 50.5 Å². The van der Waals surface area contributed by atoms with Gasteiger partial charge in [0.25, 0.3) is 0 Å². The van der Waals surface area contributed by atoms with Crippen LogP contribution < -0.4 is 0 Å². The SMILES string of the molecule is CCSC(c1nnc(-c2ccc3cc(CN(C)C)oc3c2)o1)c1ccccc1O. The van der Waals surface area contributed by atoms with Gasteiger partial charge in [-0.3, -0.25) is 0 Å². The van der Waals surface area contributed by atoms with Crippen LogP contribution in [0.25, 0.3) is 22.4 Å². The molecule has 29 heavy (non-hydrogen) atoms. The van der Waals surface area contributed by atoms with E-state index < -0.39 is 0 Å². The van der Waals surface area contributed by atoms with Crippen LogP contribution >= 0.6 is 11.8 Å². The predicted molar refractivity (Wildman–Crippen MR) is 115 cm³/mol. The predicted octanol–water partition coefficient (Wildman–Crippen LogP) is 5.09. The quantitative estimate of drug-likeness (QED) is 0.455. The molecule has 2 heterocycles. The largest absolute Gasteiger partial charge is 0.508 e. The second kappa shape index (κ2) is 8.31. The Morgan fingerprint density at radius 2 is 1.90 bits per heavy atom. The number of fused-ring (bicyclic) bond motifs is 1. The zero-order valence-corrected chi connectivity index (χ0v) is 17.4. The first-order valence-corrected chi connectivity index (χ1v) is 10.5. The number of hydrogen-bond donors (Lipinski definition) is 1. The van der Waals surface area contributed by atoms with Crippen molar-refractivity contribution >= 4 is 22.7 Å². The first kappa shape index (κ1) is 19.5. The molecule has 2 aromatic carbocycles. The summed E-state index contributed by atoms with van der Waals surface area (Å²) in [7, 11) is 4.02. The molecule has 4 rings (SSSR count). The highest BCUT2D eigenvalue weighted by atomic mass is 32.2. The van der Waals surface area contributed by atoms with Crippen molar-refractivity contribution in [3.63, 3.8) is 0 Å². The van der Waals surface area contributed by atoms with Gasteiger partial charge in [-0.25, -0.2) is 0 Å². The minimum absolute atomic E-state index is 0.221. The standard InChI is InChI=1S/C22H23N3O3S/c1-4-29-20(17-7-5-6-8-18(17)26)22-24-23-21(28-22)15-10-9-14-11-16(13-25(2)3)27-19(14)12-15/h5-12,20,26H,4,13H2,1-3H3. The maximum atomic E-state index is 10.3. The van der Waals surface area contributed by atoms with Gasteiger partial charge in [0.05, 0.1) is 6.54 Å². The Labute approximate surface area is 173 Å². The van der Waals surface area contributed by atoms with E-state index in [4.69, 9.17) is 8.83 Å². The highest BCUT2D eigenvalue weighted by Gasteiger charge is 2.24. The summed E-state index contributed by atoms with van der Waals surface area (Å²) >= 11 is 1.64. The van der Waals surface area contributed by atoms with Crippen molar-refractivity contribution in [3.8, 4) is 17.2 Å². The molecular weight excluding hydrogens is 386 g/mol. The molecule has 150 valence electrons. The fourth-order valence-corrected chi connectivity index (χ4v) is 4.19. The average molecular weight is 410 g/mol. The number of nitrogens with zero attached hydrogens (tertiary/aromatic N) is 3. The van der Waals surface area contributed by atoms with E-state index in [-0.39, 0.29) is 11.0 Å². The molecule has 0 amide bonds. The van der Waals surface area contributed by atoms with Gasteiger partial charge >= 0.3 is 0 Å². The van der Waals surface area contributed by atoms with E-state index in [0.717, 1.165) is 40.2 Å². The van der Waals surface area contributed by atoms with Gasteiger partial charge in [0.2, 0.25) is 11.8 Å². The monoisotopic (exact) mass is 409 g/mol. The Bertz CT molecular complexity index is 1120. The number of benzene rings is 2. The maximum absolute atomic E-state index is 10.3. The molecule has 0 radical (unpaired) electrons. The van der Waals surface area contributed by atoms with Gasteiger partial charge in [-0.15, -0.1) is 22.0 Å². The van der Waals surface area contributed by atoms with Crippen LogP contribution in [0.5, 0.6) is 5.75 Å². The molecule has 4 aromatic rings. The number of rotatable bonds is 7. The molecule has 0 saturated carbocycles. The van der Waals surface area contributed by atoms with Crippen LogP contribution in [0.1, 0.15) is 29.4 Å². The Kier molecular flexibility index (Phi) is 5.60. The minimum atomic E-state index is -0.221. The summed E-state index contributed by atoms with van der Waals surface area (Å²) in [6.45, 7) is 2.80. The fraction of sp³-hybridized carbons (Fsp3) is 0.273. The van der Waals surface area contributed by atoms with Crippen molar-refractivity contribution in [2.45, 2.75) is 18.7 Å². The molecule has 0 spiro atoms. The van der Waals surface area contributed by atoms with Crippen LogP contribution in [0.15, 0.2) is 57.4 Å². The summed E-state index contributed by atoms with van der Waals surface area (Å²) in [4.78, 5) is 2.06. The number of furan rings is 1. The van der Waals surface area contributed by atoms with E-state index in [1.54, 1.807) is 23.9 Å². The second-order valence-corrected chi connectivity index (χ2v) is 8.42. The molecule has 1 atom stereocenters. The molecule has 0 saturated heterocycles. The summed E-state index contributed by atoms with van der Waals surface area (Å²) < 4.78 is 12.0. The molecule has 0 aliphatic heterocycles. The third kappa shape index (κ3) is 4.16. The first-order chi connectivity index (χ1) is 14.0. The van der Waals surface area contributed by atoms with Crippen molar-refractivity contribution < 1.29 is 13.9 Å². The van der Waals surface area contributed by atoms with Crippen molar-refractivity contribution in [1.82, 2.24) is 15.1 Å². The van der Waals surface area contributed by atoms with Gasteiger partial charge in [0.1, 0.15) is 22.3 Å². The average Bonchev–Trinajstić information content (AvgIpc) is 3.32. The fourth-order valence-electron chi connectivity index (χ4n) is 3.24. The van der Waals surface area contributed by atoms with E-state index in [2.05, 4.69) is 22.0 Å². The van der Waals surface area contributed by atoms with Gasteiger partial charge in [0, 0.05) is 16.5 Å². The summed E-state index contributed by atoms with van der Waals surface area (Å²) in [6, 6.07) is 15.2. The number of para-hydroxylation sites is 1. The lowest BCUT2D eigenvalue weighted by molar-refractivity contribution is 0.358. The molecule has 0 aliphatic rings. The van der Waals surface area contributed by atoms with Crippen LogP contribution in [0.3, 0.4) is 0 Å². The van der Waals surface area contributed by atoms with Crippen LogP contribution in [0.4, 0.5) is 0 Å². The number of phenols is 1. The van der Waals surface area contributed by atoms with E-state index in [9.17, 15) is 5.11 Å². The Balaban J connectivity index is 1.66. The van der Waals surface area contributed by atoms with Crippen molar-refractivity contribution in [2.24, 2.45) is 0 Å². The molecular formula is C22H23N3O3S. The highest BCUT2D eigenvalue weighted by molar-refractivity contribution is 7.99. The van der Waals surface area contributed by atoms with Gasteiger partial charge in [-0.1, -0.05) is 31.2 Å². The molecule has 0 fully saturated rings. The van der Waals surface area contributed by atoms with Gasteiger partial charge < -0.3 is 18.8 Å². The number of hydrogen-bond acceptors (Lipinski definition) is 7. The van der Waals surface area contributed by atoms with E-state index in [1.165, 1.54) is 0 Å². The third-order valence-electron chi connectivity index (χ3n) is 4.51. The lowest BCUT2D eigenvalue weighted by Gasteiger charge is -2.13. The number of aromatic nitrogens is 2. The normalized spacial score (nSPS) is 12.7.